The zero-order valence-electron chi connectivity index (χ0n) is 8.74. The van der Waals surface area contributed by atoms with Gasteiger partial charge in [0.2, 0.25) is 0 Å². The summed E-state index contributed by atoms with van der Waals surface area (Å²) >= 11 is 1.66. The first-order chi connectivity index (χ1) is 6.59. The van der Waals surface area contributed by atoms with E-state index in [0.717, 1.165) is 12.2 Å². The summed E-state index contributed by atoms with van der Waals surface area (Å²) in [5.41, 5.74) is 2.95. The molecule has 0 amide bonds. The summed E-state index contributed by atoms with van der Waals surface area (Å²) < 4.78 is 10.9. The molecule has 5 heteroatoms. The Hall–Kier alpha value is -0.260. The maximum atomic E-state index is 10.9. The Bertz CT molecular complexity index is 312. The van der Waals surface area contributed by atoms with E-state index in [1.54, 1.807) is 17.6 Å². The highest BCUT2D eigenvalue weighted by molar-refractivity contribution is 7.84. The molecule has 0 saturated heterocycles. The van der Waals surface area contributed by atoms with Gasteiger partial charge in [0.1, 0.15) is 0 Å². The number of aryl methyl sites for hydroxylation is 1. The van der Waals surface area contributed by atoms with Crippen molar-refractivity contribution < 1.29 is 4.21 Å². The minimum absolute atomic E-state index is 0.294. The smallest absolute Gasteiger partial charge is 0.0798 e. The molecule has 1 rings (SSSR count). The Labute approximate surface area is 91.4 Å². The summed E-state index contributed by atoms with van der Waals surface area (Å²) in [6, 6.07) is 0.294. The summed E-state index contributed by atoms with van der Waals surface area (Å²) in [6.07, 6.45) is 1.73. The number of rotatable bonds is 5. The third kappa shape index (κ3) is 3.86. The average Bonchev–Trinajstić information content (AvgIpc) is 2.46. The van der Waals surface area contributed by atoms with E-state index in [0.29, 0.717) is 11.8 Å². The fourth-order valence-electron chi connectivity index (χ4n) is 1.17. The van der Waals surface area contributed by atoms with Crippen LogP contribution in [0.15, 0.2) is 5.51 Å². The second-order valence-corrected chi connectivity index (χ2v) is 5.80. The van der Waals surface area contributed by atoms with Crippen LogP contribution in [0.1, 0.15) is 17.5 Å². The van der Waals surface area contributed by atoms with E-state index in [1.165, 1.54) is 4.88 Å². The van der Waals surface area contributed by atoms with Crippen LogP contribution in [-0.4, -0.2) is 27.2 Å². The van der Waals surface area contributed by atoms with Crippen LogP contribution < -0.4 is 5.32 Å². The van der Waals surface area contributed by atoms with Gasteiger partial charge in [0.05, 0.1) is 11.2 Å². The fraction of sp³-hybridized carbons (Fsp3) is 0.667. The van der Waals surface area contributed by atoms with E-state index in [4.69, 9.17) is 0 Å². The molecule has 1 N–H and O–H groups in total. The van der Waals surface area contributed by atoms with E-state index in [9.17, 15) is 4.21 Å². The summed E-state index contributed by atoms with van der Waals surface area (Å²) in [5.74, 6) is 0.706. The van der Waals surface area contributed by atoms with Gasteiger partial charge in [-0.1, -0.05) is 0 Å². The van der Waals surface area contributed by atoms with Gasteiger partial charge in [0, 0.05) is 40.3 Å². The lowest BCUT2D eigenvalue weighted by Gasteiger charge is -2.11. The third-order valence-corrected chi connectivity index (χ3v) is 3.85. The number of hydrogen-bond acceptors (Lipinski definition) is 4. The number of aromatic nitrogens is 1. The van der Waals surface area contributed by atoms with E-state index in [-0.39, 0.29) is 0 Å². The third-order valence-electron chi connectivity index (χ3n) is 1.94. The van der Waals surface area contributed by atoms with Crippen molar-refractivity contribution in [1.29, 1.82) is 0 Å². The minimum atomic E-state index is -0.724. The van der Waals surface area contributed by atoms with Crippen molar-refractivity contribution in [1.82, 2.24) is 10.3 Å². The van der Waals surface area contributed by atoms with Gasteiger partial charge < -0.3 is 5.32 Å². The van der Waals surface area contributed by atoms with Crippen LogP contribution in [0.5, 0.6) is 0 Å². The van der Waals surface area contributed by atoms with Crippen molar-refractivity contribution in [3.63, 3.8) is 0 Å². The predicted molar refractivity (Wildman–Crippen MR) is 62.1 cm³/mol. The molecule has 1 aromatic heterocycles. The first kappa shape index (κ1) is 11.8. The number of hydrogen-bond donors (Lipinski definition) is 1. The highest BCUT2D eigenvalue weighted by Gasteiger charge is 2.06. The first-order valence-electron chi connectivity index (χ1n) is 4.52. The van der Waals surface area contributed by atoms with Crippen LogP contribution in [0, 0.1) is 6.92 Å². The molecule has 0 bridgehead atoms. The zero-order valence-corrected chi connectivity index (χ0v) is 10.4. The van der Waals surface area contributed by atoms with Gasteiger partial charge in [-0.25, -0.2) is 4.98 Å². The molecule has 2 unspecified atom stereocenters. The molecule has 0 aliphatic heterocycles. The largest absolute Gasteiger partial charge is 0.308 e. The Morgan fingerprint density at radius 3 is 2.93 bits per heavy atom. The normalized spacial score (nSPS) is 15.4. The summed E-state index contributed by atoms with van der Waals surface area (Å²) in [5, 5.41) is 3.33. The molecule has 0 aromatic carbocycles. The van der Waals surface area contributed by atoms with E-state index >= 15 is 0 Å². The lowest BCUT2D eigenvalue weighted by Crippen LogP contribution is -2.30. The molecule has 2 atom stereocenters. The quantitative estimate of drug-likeness (QED) is 0.832. The lowest BCUT2D eigenvalue weighted by atomic mass is 10.3. The molecular formula is C9H16N2OS2. The van der Waals surface area contributed by atoms with Crippen molar-refractivity contribution in [2.45, 2.75) is 26.4 Å². The molecule has 0 saturated carbocycles. The topological polar surface area (TPSA) is 42.0 Å². The average molecular weight is 232 g/mol. The van der Waals surface area contributed by atoms with Crippen molar-refractivity contribution in [3.8, 4) is 0 Å². The second-order valence-electron chi connectivity index (χ2n) is 3.38. The van der Waals surface area contributed by atoms with Crippen molar-refractivity contribution in [2.75, 3.05) is 12.0 Å². The van der Waals surface area contributed by atoms with Crippen molar-refractivity contribution >= 4 is 22.1 Å². The first-order valence-corrected chi connectivity index (χ1v) is 7.12. The van der Waals surface area contributed by atoms with Crippen LogP contribution >= 0.6 is 11.3 Å². The molecule has 14 heavy (non-hydrogen) atoms. The highest BCUT2D eigenvalue weighted by atomic mass is 32.2. The Morgan fingerprint density at radius 2 is 2.43 bits per heavy atom. The molecule has 80 valence electrons. The standard InChI is InChI=1S/C9H16N2OS2/c1-7(5-14(3)12)10-4-9-8(2)11-6-13-9/h6-7,10H,4-5H2,1-3H3. The van der Waals surface area contributed by atoms with Crippen molar-refractivity contribution in [2.24, 2.45) is 0 Å². The summed E-state index contributed by atoms with van der Waals surface area (Å²) in [6.45, 7) is 4.89. The predicted octanol–water partition coefficient (Wildman–Crippen LogP) is 1.31. The zero-order chi connectivity index (χ0) is 10.6. The molecule has 0 aliphatic carbocycles. The van der Waals surface area contributed by atoms with Gasteiger partial charge in [-0.05, 0) is 13.8 Å². The van der Waals surface area contributed by atoms with Gasteiger partial charge >= 0.3 is 0 Å². The maximum Gasteiger partial charge on any atom is 0.0798 e. The van der Waals surface area contributed by atoms with Crippen LogP contribution in [0.3, 0.4) is 0 Å². The SMILES string of the molecule is Cc1ncsc1CNC(C)CS(C)=O. The summed E-state index contributed by atoms with van der Waals surface area (Å²) in [7, 11) is -0.724. The van der Waals surface area contributed by atoms with E-state index < -0.39 is 10.8 Å². The lowest BCUT2D eigenvalue weighted by molar-refractivity contribution is 0.590. The maximum absolute atomic E-state index is 10.9. The van der Waals surface area contributed by atoms with Gasteiger partial charge in [-0.2, -0.15) is 0 Å². The molecule has 1 heterocycles. The number of nitrogens with zero attached hydrogens (tertiary/aromatic N) is 1. The molecule has 0 radical (unpaired) electrons. The number of nitrogens with one attached hydrogen (secondary N) is 1. The van der Waals surface area contributed by atoms with Crippen molar-refractivity contribution in [3.05, 3.63) is 16.1 Å². The van der Waals surface area contributed by atoms with Gasteiger partial charge in [0.15, 0.2) is 0 Å². The van der Waals surface area contributed by atoms with Crippen LogP contribution in [0.4, 0.5) is 0 Å². The van der Waals surface area contributed by atoms with Gasteiger partial charge in [0.25, 0.3) is 0 Å². The Kier molecular flexibility index (Phi) is 4.71. The van der Waals surface area contributed by atoms with E-state index in [2.05, 4.69) is 17.2 Å². The molecule has 3 nitrogen and oxygen atoms in total. The van der Waals surface area contributed by atoms with E-state index in [1.807, 2.05) is 12.4 Å². The number of thiazole rings is 1. The Balaban J connectivity index is 2.34. The molecular weight excluding hydrogens is 216 g/mol. The summed E-state index contributed by atoms with van der Waals surface area (Å²) in [4.78, 5) is 5.44. The van der Waals surface area contributed by atoms with Crippen LogP contribution in [0.2, 0.25) is 0 Å². The molecule has 0 spiro atoms. The fourth-order valence-corrected chi connectivity index (χ4v) is 2.72. The van der Waals surface area contributed by atoms with Crippen LogP contribution in [-0.2, 0) is 17.3 Å². The molecule has 0 fully saturated rings. The minimum Gasteiger partial charge on any atom is -0.308 e. The van der Waals surface area contributed by atoms with Crippen LogP contribution in [0.25, 0.3) is 0 Å². The van der Waals surface area contributed by atoms with Gasteiger partial charge in [-0.15, -0.1) is 11.3 Å². The Morgan fingerprint density at radius 1 is 1.71 bits per heavy atom. The molecule has 1 aromatic rings. The highest BCUT2D eigenvalue weighted by Crippen LogP contribution is 2.11. The monoisotopic (exact) mass is 232 g/mol. The second kappa shape index (κ2) is 5.58. The van der Waals surface area contributed by atoms with Gasteiger partial charge in [-0.3, -0.25) is 4.21 Å². The molecule has 0 aliphatic rings.